The van der Waals surface area contributed by atoms with Crippen molar-refractivity contribution >= 4 is 34.3 Å². The van der Waals surface area contributed by atoms with Crippen molar-refractivity contribution in [1.82, 2.24) is 19.7 Å². The lowest BCUT2D eigenvalue weighted by atomic mass is 10.1. The van der Waals surface area contributed by atoms with Crippen LogP contribution in [0.5, 0.6) is 5.75 Å². The van der Waals surface area contributed by atoms with Gasteiger partial charge in [0, 0.05) is 22.3 Å². The normalized spacial score (nSPS) is 11.4. The summed E-state index contributed by atoms with van der Waals surface area (Å²) in [5, 5.41) is 15.7. The summed E-state index contributed by atoms with van der Waals surface area (Å²) < 4.78 is 7.89. The van der Waals surface area contributed by atoms with Gasteiger partial charge in [-0.1, -0.05) is 66.2 Å². The summed E-state index contributed by atoms with van der Waals surface area (Å²) in [7, 11) is 0. The molecule has 4 aromatic carbocycles. The van der Waals surface area contributed by atoms with Crippen molar-refractivity contribution in [2.24, 2.45) is 0 Å². The van der Waals surface area contributed by atoms with Gasteiger partial charge in [-0.2, -0.15) is 10.4 Å². The molecule has 0 radical (unpaired) electrons. The fourth-order valence-electron chi connectivity index (χ4n) is 4.30. The van der Waals surface area contributed by atoms with E-state index in [2.05, 4.69) is 16.0 Å². The number of ether oxygens (including phenoxy) is 1. The average Bonchev–Trinajstić information content (AvgIpc) is 3.61. The SMILES string of the molecule is N#CC(=Cc1cn(-c2ccccc2)nc1-c1cccc(OCc2ccc(Cl)cc2)c1)c1nc2ccccc2[nH]1. The van der Waals surface area contributed by atoms with Gasteiger partial charge in [0.2, 0.25) is 0 Å². The molecule has 0 atom stereocenters. The van der Waals surface area contributed by atoms with E-state index >= 15 is 0 Å². The lowest BCUT2D eigenvalue weighted by Crippen LogP contribution is -1.96. The Kier molecular flexibility index (Phi) is 6.65. The van der Waals surface area contributed by atoms with Gasteiger partial charge in [-0.25, -0.2) is 9.67 Å². The second-order valence-corrected chi connectivity index (χ2v) is 9.36. The minimum atomic E-state index is 0.412. The molecule has 39 heavy (non-hydrogen) atoms. The molecule has 2 aromatic heterocycles. The predicted molar refractivity (Wildman–Crippen MR) is 154 cm³/mol. The first kappa shape index (κ1) is 24.2. The second-order valence-electron chi connectivity index (χ2n) is 8.93. The van der Waals surface area contributed by atoms with Crippen molar-refractivity contribution < 1.29 is 4.74 Å². The Morgan fingerprint density at radius 3 is 2.54 bits per heavy atom. The third kappa shape index (κ3) is 5.30. The Morgan fingerprint density at radius 2 is 1.74 bits per heavy atom. The number of H-pyrrole nitrogens is 1. The van der Waals surface area contributed by atoms with Crippen LogP contribution in [-0.2, 0) is 6.61 Å². The van der Waals surface area contributed by atoms with Crippen LogP contribution in [0.15, 0.2) is 109 Å². The lowest BCUT2D eigenvalue weighted by Gasteiger charge is -2.08. The molecule has 0 spiro atoms. The van der Waals surface area contributed by atoms with E-state index in [1.807, 2.05) is 120 Å². The highest BCUT2D eigenvalue weighted by molar-refractivity contribution is 6.30. The van der Waals surface area contributed by atoms with E-state index in [0.29, 0.717) is 28.8 Å². The topological polar surface area (TPSA) is 79.5 Å². The molecule has 0 fully saturated rings. The van der Waals surface area contributed by atoms with Crippen molar-refractivity contribution in [3.63, 3.8) is 0 Å². The maximum absolute atomic E-state index is 10.1. The van der Waals surface area contributed by atoms with E-state index < -0.39 is 0 Å². The molecule has 0 aliphatic rings. The Balaban J connectivity index is 1.39. The highest BCUT2D eigenvalue weighted by Gasteiger charge is 2.15. The van der Waals surface area contributed by atoms with Crippen LogP contribution < -0.4 is 4.74 Å². The zero-order chi connectivity index (χ0) is 26.6. The summed E-state index contributed by atoms with van der Waals surface area (Å²) >= 11 is 6.00. The molecule has 7 heteroatoms. The molecule has 6 nitrogen and oxygen atoms in total. The Bertz CT molecular complexity index is 1800. The van der Waals surface area contributed by atoms with Gasteiger partial charge in [0.1, 0.15) is 29.9 Å². The van der Waals surface area contributed by atoms with Crippen molar-refractivity contribution in [3.8, 4) is 28.8 Å². The number of halogens is 1. The van der Waals surface area contributed by atoms with Crippen LogP contribution in [0.2, 0.25) is 5.02 Å². The van der Waals surface area contributed by atoms with Gasteiger partial charge in [0.15, 0.2) is 0 Å². The molecule has 0 aliphatic heterocycles. The Hall–Kier alpha value is -5.12. The van der Waals surface area contributed by atoms with E-state index in [9.17, 15) is 5.26 Å². The van der Waals surface area contributed by atoms with Crippen molar-refractivity contribution in [1.29, 1.82) is 5.26 Å². The third-order valence-corrected chi connectivity index (χ3v) is 6.51. The van der Waals surface area contributed by atoms with Gasteiger partial charge in [0.25, 0.3) is 0 Å². The van der Waals surface area contributed by atoms with Gasteiger partial charge >= 0.3 is 0 Å². The van der Waals surface area contributed by atoms with Gasteiger partial charge < -0.3 is 9.72 Å². The highest BCUT2D eigenvalue weighted by Crippen LogP contribution is 2.30. The molecule has 0 aliphatic carbocycles. The van der Waals surface area contributed by atoms with Gasteiger partial charge in [-0.3, -0.25) is 0 Å². The molecule has 6 aromatic rings. The average molecular weight is 528 g/mol. The zero-order valence-electron chi connectivity index (χ0n) is 20.8. The fraction of sp³-hybridized carbons (Fsp3) is 0.0312. The van der Waals surface area contributed by atoms with Crippen molar-refractivity contribution in [2.75, 3.05) is 0 Å². The monoisotopic (exact) mass is 527 g/mol. The number of nitriles is 1. The van der Waals surface area contributed by atoms with E-state index in [-0.39, 0.29) is 0 Å². The number of nitrogens with one attached hydrogen (secondary N) is 1. The van der Waals surface area contributed by atoms with Crippen LogP contribution in [0.25, 0.3) is 39.6 Å². The lowest BCUT2D eigenvalue weighted by molar-refractivity contribution is 0.306. The van der Waals surface area contributed by atoms with Crippen molar-refractivity contribution in [2.45, 2.75) is 6.61 Å². The first-order valence-corrected chi connectivity index (χ1v) is 12.7. The van der Waals surface area contributed by atoms with Crippen LogP contribution in [-0.4, -0.2) is 19.7 Å². The highest BCUT2D eigenvalue weighted by atomic mass is 35.5. The van der Waals surface area contributed by atoms with Gasteiger partial charge in [-0.15, -0.1) is 0 Å². The molecule has 0 bridgehead atoms. The van der Waals surface area contributed by atoms with E-state index in [4.69, 9.17) is 21.4 Å². The molecule has 0 saturated heterocycles. The molecule has 2 heterocycles. The number of imidazole rings is 1. The van der Waals surface area contributed by atoms with E-state index in [1.165, 1.54) is 0 Å². The van der Waals surface area contributed by atoms with E-state index in [1.54, 1.807) is 0 Å². The Labute approximate surface area is 230 Å². The number of aromatic nitrogens is 4. The smallest absolute Gasteiger partial charge is 0.149 e. The standard InChI is InChI=1S/C32H22ClN5O/c33-26-15-13-22(14-16-26)21-39-28-10-6-7-23(18-28)31-25(20-38(37-31)27-8-2-1-3-9-27)17-24(19-34)32-35-29-11-4-5-12-30(29)36-32/h1-18,20H,21H2,(H,35,36). The summed E-state index contributed by atoms with van der Waals surface area (Å²) in [6.07, 6.45) is 3.74. The van der Waals surface area contributed by atoms with Gasteiger partial charge in [-0.05, 0) is 60.2 Å². The number of para-hydroxylation sites is 3. The molecule has 0 amide bonds. The molecular formula is C32H22ClN5O. The Morgan fingerprint density at radius 1 is 0.949 bits per heavy atom. The van der Waals surface area contributed by atoms with Crippen LogP contribution >= 0.6 is 11.6 Å². The van der Waals surface area contributed by atoms with Crippen LogP contribution in [0.3, 0.4) is 0 Å². The number of allylic oxidation sites excluding steroid dienone is 1. The molecule has 1 N–H and O–H groups in total. The fourth-order valence-corrected chi connectivity index (χ4v) is 4.43. The zero-order valence-corrected chi connectivity index (χ0v) is 21.5. The second kappa shape index (κ2) is 10.7. The quantitative estimate of drug-likeness (QED) is 0.216. The number of benzene rings is 4. The van der Waals surface area contributed by atoms with Gasteiger partial charge in [0.05, 0.1) is 22.3 Å². The molecule has 0 unspecified atom stereocenters. The number of nitrogens with zero attached hydrogens (tertiary/aromatic N) is 4. The third-order valence-electron chi connectivity index (χ3n) is 6.25. The maximum atomic E-state index is 10.1. The number of hydrogen-bond acceptors (Lipinski definition) is 4. The minimum Gasteiger partial charge on any atom is -0.489 e. The first-order chi connectivity index (χ1) is 19.2. The number of rotatable bonds is 7. The molecule has 188 valence electrons. The summed E-state index contributed by atoms with van der Waals surface area (Å²) in [6.45, 7) is 0.413. The molecule has 0 saturated carbocycles. The summed E-state index contributed by atoms with van der Waals surface area (Å²) in [5.41, 5.74) is 6.40. The molecule has 6 rings (SSSR count). The predicted octanol–water partition coefficient (Wildman–Crippen LogP) is 7.71. The molecular weight excluding hydrogens is 506 g/mol. The van der Waals surface area contributed by atoms with Crippen LogP contribution in [0.1, 0.15) is 17.0 Å². The largest absolute Gasteiger partial charge is 0.489 e. The summed E-state index contributed by atoms with van der Waals surface area (Å²) in [5.74, 6) is 1.22. The number of aromatic amines is 1. The van der Waals surface area contributed by atoms with E-state index in [0.717, 1.165) is 39.1 Å². The summed E-state index contributed by atoms with van der Waals surface area (Å²) in [6, 6.07) is 35.3. The van der Waals surface area contributed by atoms with Crippen LogP contribution in [0.4, 0.5) is 0 Å². The maximum Gasteiger partial charge on any atom is 0.149 e. The summed E-state index contributed by atoms with van der Waals surface area (Å²) in [4.78, 5) is 7.87. The van der Waals surface area contributed by atoms with Crippen LogP contribution in [0, 0.1) is 11.3 Å². The van der Waals surface area contributed by atoms with Crippen molar-refractivity contribution in [3.05, 3.63) is 131 Å². The number of fused-ring (bicyclic) bond motifs is 1. The first-order valence-electron chi connectivity index (χ1n) is 12.4. The number of hydrogen-bond donors (Lipinski definition) is 1. The minimum absolute atomic E-state index is 0.412.